The van der Waals surface area contributed by atoms with Crippen LogP contribution in [0.2, 0.25) is 0 Å². The first-order valence-electron chi connectivity index (χ1n) is 6.85. The smallest absolute Gasteiger partial charge is 0.159 e. The maximum absolute atomic E-state index is 13.5. The normalized spacial score (nSPS) is 20.9. The summed E-state index contributed by atoms with van der Waals surface area (Å²) >= 11 is 0. The molecule has 1 aliphatic rings. The van der Waals surface area contributed by atoms with Crippen molar-refractivity contribution in [1.82, 2.24) is 4.98 Å². The van der Waals surface area contributed by atoms with Gasteiger partial charge in [-0.2, -0.15) is 5.26 Å². The van der Waals surface area contributed by atoms with Crippen molar-refractivity contribution in [3.8, 4) is 6.07 Å². The van der Waals surface area contributed by atoms with Crippen LogP contribution < -0.4 is 4.90 Å². The third-order valence-electron chi connectivity index (χ3n) is 3.79. The van der Waals surface area contributed by atoms with E-state index in [1.165, 1.54) is 6.07 Å². The molecule has 1 fully saturated rings. The zero-order valence-corrected chi connectivity index (χ0v) is 11.6. The molecule has 22 heavy (non-hydrogen) atoms. The van der Waals surface area contributed by atoms with Gasteiger partial charge in [-0.15, -0.1) is 0 Å². The van der Waals surface area contributed by atoms with Crippen LogP contribution in [0.25, 0.3) is 0 Å². The Kier molecular flexibility index (Phi) is 3.73. The van der Waals surface area contributed by atoms with E-state index in [9.17, 15) is 19.1 Å². The van der Waals surface area contributed by atoms with Gasteiger partial charge in [-0.05, 0) is 36.2 Å². The molecule has 0 aliphatic carbocycles. The molecular formula is C16H13F2N3O. The Balaban J connectivity index is 2.02. The number of halogens is 2. The van der Waals surface area contributed by atoms with Gasteiger partial charge in [-0.1, -0.05) is 6.07 Å². The lowest BCUT2D eigenvalue weighted by Crippen LogP contribution is -2.26. The Morgan fingerprint density at radius 3 is 2.82 bits per heavy atom. The molecule has 3 rings (SSSR count). The van der Waals surface area contributed by atoms with Gasteiger partial charge in [0.1, 0.15) is 11.9 Å². The van der Waals surface area contributed by atoms with Gasteiger partial charge in [0.15, 0.2) is 11.6 Å². The first-order valence-corrected chi connectivity index (χ1v) is 6.85. The highest BCUT2D eigenvalue weighted by atomic mass is 19.2. The van der Waals surface area contributed by atoms with Crippen molar-refractivity contribution < 1.29 is 13.9 Å². The van der Waals surface area contributed by atoms with Crippen molar-refractivity contribution in [3.63, 3.8) is 0 Å². The van der Waals surface area contributed by atoms with Crippen LogP contribution in [0, 0.1) is 23.0 Å². The second-order valence-electron chi connectivity index (χ2n) is 5.22. The molecule has 0 bridgehead atoms. The molecule has 0 saturated carbocycles. The van der Waals surface area contributed by atoms with Crippen molar-refractivity contribution in [2.45, 2.75) is 18.6 Å². The number of nitrogens with zero attached hydrogens (tertiary/aromatic N) is 3. The number of rotatable bonds is 2. The number of β-amino-alcohol motifs (C(OH)–C–C–N with tert-alkyl or cyclic N) is 1. The van der Waals surface area contributed by atoms with Crippen LogP contribution in [0.5, 0.6) is 0 Å². The predicted octanol–water partition coefficient (Wildman–Crippen LogP) is 2.54. The molecule has 6 heteroatoms. The largest absolute Gasteiger partial charge is 0.391 e. The van der Waals surface area contributed by atoms with Gasteiger partial charge in [0, 0.05) is 12.7 Å². The van der Waals surface area contributed by atoms with Crippen LogP contribution in [-0.2, 0) is 0 Å². The standard InChI is InChI=1S/C16H13F2N3O/c17-13-4-3-10(6-14(13)18)15-7-12(22)9-21(15)16-11(8-19)2-1-5-20-16/h1-6,12,15,22H,7,9H2/t12-,15+/m1/s1. The highest BCUT2D eigenvalue weighted by Crippen LogP contribution is 2.37. The minimum atomic E-state index is -0.930. The second-order valence-corrected chi connectivity index (χ2v) is 5.22. The lowest BCUT2D eigenvalue weighted by atomic mass is 10.0. The lowest BCUT2D eigenvalue weighted by Gasteiger charge is -2.26. The summed E-state index contributed by atoms with van der Waals surface area (Å²) in [5, 5.41) is 19.2. The lowest BCUT2D eigenvalue weighted by molar-refractivity contribution is 0.194. The number of pyridine rings is 1. The molecule has 112 valence electrons. The Morgan fingerprint density at radius 1 is 1.27 bits per heavy atom. The Hall–Kier alpha value is -2.52. The van der Waals surface area contributed by atoms with Gasteiger partial charge >= 0.3 is 0 Å². The van der Waals surface area contributed by atoms with E-state index in [0.29, 0.717) is 23.4 Å². The number of anilines is 1. The van der Waals surface area contributed by atoms with Crippen LogP contribution in [-0.4, -0.2) is 22.7 Å². The van der Waals surface area contributed by atoms with Gasteiger partial charge in [0.05, 0.1) is 17.7 Å². The third-order valence-corrected chi connectivity index (χ3v) is 3.79. The van der Waals surface area contributed by atoms with Crippen LogP contribution in [0.4, 0.5) is 14.6 Å². The number of hydrogen-bond acceptors (Lipinski definition) is 4. The Morgan fingerprint density at radius 2 is 2.09 bits per heavy atom. The minimum Gasteiger partial charge on any atom is -0.391 e. The van der Waals surface area contributed by atoms with Crippen molar-refractivity contribution in [1.29, 1.82) is 5.26 Å². The second kappa shape index (κ2) is 5.70. The molecule has 0 radical (unpaired) electrons. The summed E-state index contributed by atoms with van der Waals surface area (Å²) in [6, 6.07) is 8.67. The van der Waals surface area contributed by atoms with E-state index in [0.717, 1.165) is 12.1 Å². The number of aromatic nitrogens is 1. The minimum absolute atomic E-state index is 0.287. The number of benzene rings is 1. The molecule has 2 heterocycles. The van der Waals surface area contributed by atoms with E-state index in [2.05, 4.69) is 11.1 Å². The monoisotopic (exact) mass is 301 g/mol. The summed E-state index contributed by atoms with van der Waals surface area (Å²) in [4.78, 5) is 5.97. The molecule has 1 aromatic carbocycles. The van der Waals surface area contributed by atoms with E-state index in [1.807, 2.05) is 0 Å². The molecule has 4 nitrogen and oxygen atoms in total. The predicted molar refractivity (Wildman–Crippen MR) is 76.0 cm³/mol. The summed E-state index contributed by atoms with van der Waals surface area (Å²) in [7, 11) is 0. The molecule has 0 amide bonds. The van der Waals surface area contributed by atoms with Crippen LogP contribution in [0.15, 0.2) is 36.5 Å². The summed E-state index contributed by atoms with van der Waals surface area (Å²) in [5.41, 5.74) is 0.925. The molecule has 2 atom stereocenters. The Bertz CT molecular complexity index is 744. The fourth-order valence-corrected chi connectivity index (χ4v) is 2.80. The summed E-state index contributed by atoms with van der Waals surface area (Å²) in [6.07, 6.45) is 1.31. The van der Waals surface area contributed by atoms with Crippen LogP contribution in [0.3, 0.4) is 0 Å². The number of hydrogen-bond donors (Lipinski definition) is 1. The van der Waals surface area contributed by atoms with Gasteiger partial charge in [-0.25, -0.2) is 13.8 Å². The topological polar surface area (TPSA) is 60.2 Å². The average Bonchev–Trinajstić information content (AvgIpc) is 2.91. The molecule has 0 unspecified atom stereocenters. The van der Waals surface area contributed by atoms with E-state index in [1.54, 1.807) is 23.2 Å². The molecular weight excluding hydrogens is 288 g/mol. The highest BCUT2D eigenvalue weighted by Gasteiger charge is 2.34. The van der Waals surface area contributed by atoms with Gasteiger partial charge < -0.3 is 10.0 Å². The maximum Gasteiger partial charge on any atom is 0.159 e. The van der Waals surface area contributed by atoms with E-state index >= 15 is 0 Å². The zero-order chi connectivity index (χ0) is 15.7. The van der Waals surface area contributed by atoms with Crippen molar-refractivity contribution >= 4 is 5.82 Å². The zero-order valence-electron chi connectivity index (χ0n) is 11.6. The molecule has 0 spiro atoms. The van der Waals surface area contributed by atoms with Crippen molar-refractivity contribution in [2.75, 3.05) is 11.4 Å². The fraction of sp³-hybridized carbons (Fsp3) is 0.250. The molecule has 2 aromatic rings. The average molecular weight is 301 g/mol. The SMILES string of the molecule is N#Cc1cccnc1N1C[C@H](O)C[C@H]1c1ccc(F)c(F)c1. The molecule has 1 N–H and O–H groups in total. The summed E-state index contributed by atoms with van der Waals surface area (Å²) < 4.78 is 26.6. The fourth-order valence-electron chi connectivity index (χ4n) is 2.80. The number of nitriles is 1. The maximum atomic E-state index is 13.5. The van der Waals surface area contributed by atoms with Gasteiger partial charge in [0.2, 0.25) is 0 Å². The number of aliphatic hydroxyl groups is 1. The first kappa shape index (κ1) is 14.4. The van der Waals surface area contributed by atoms with E-state index < -0.39 is 17.7 Å². The molecule has 1 aromatic heterocycles. The van der Waals surface area contributed by atoms with E-state index in [4.69, 9.17) is 0 Å². The van der Waals surface area contributed by atoms with Crippen LogP contribution >= 0.6 is 0 Å². The highest BCUT2D eigenvalue weighted by molar-refractivity contribution is 5.56. The Labute approximate surface area is 126 Å². The quantitative estimate of drug-likeness (QED) is 0.926. The van der Waals surface area contributed by atoms with Crippen molar-refractivity contribution in [3.05, 3.63) is 59.3 Å². The van der Waals surface area contributed by atoms with E-state index in [-0.39, 0.29) is 12.6 Å². The van der Waals surface area contributed by atoms with Crippen LogP contribution in [0.1, 0.15) is 23.6 Å². The van der Waals surface area contributed by atoms with Gasteiger partial charge in [0.25, 0.3) is 0 Å². The van der Waals surface area contributed by atoms with Gasteiger partial charge in [-0.3, -0.25) is 0 Å². The molecule has 1 saturated heterocycles. The third kappa shape index (κ3) is 2.51. The summed E-state index contributed by atoms with van der Waals surface area (Å²) in [5.74, 6) is -1.40. The summed E-state index contributed by atoms with van der Waals surface area (Å²) in [6.45, 7) is 0.287. The first-order chi connectivity index (χ1) is 10.6. The van der Waals surface area contributed by atoms with Crippen molar-refractivity contribution in [2.24, 2.45) is 0 Å². The number of aliphatic hydroxyl groups excluding tert-OH is 1. The molecule has 1 aliphatic heterocycles.